The van der Waals surface area contributed by atoms with Crippen LogP contribution in [0.2, 0.25) is 10.0 Å². The minimum Gasteiger partial charge on any atom is -0.355 e. The second-order valence-electron chi connectivity index (χ2n) is 8.72. The van der Waals surface area contributed by atoms with Gasteiger partial charge in [0.25, 0.3) is 10.0 Å². The van der Waals surface area contributed by atoms with E-state index in [1.165, 1.54) is 29.2 Å². The number of likely N-dealkylation sites (N-methyl/N-ethyl adjacent to an activating group) is 1. The third kappa shape index (κ3) is 7.07. The molecule has 3 aromatic carbocycles. The number of amides is 2. The second kappa shape index (κ2) is 13.1. The van der Waals surface area contributed by atoms with Gasteiger partial charge in [-0.05, 0) is 73.9 Å². The third-order valence-electron chi connectivity index (χ3n) is 6.07. The number of hydrogen-bond donors (Lipinski definition) is 1. The van der Waals surface area contributed by atoms with E-state index in [0.29, 0.717) is 34.3 Å². The van der Waals surface area contributed by atoms with Crippen LogP contribution in [0.3, 0.4) is 0 Å². The quantitative estimate of drug-likeness (QED) is 0.330. The summed E-state index contributed by atoms with van der Waals surface area (Å²) in [7, 11) is -4.15. The number of rotatable bonds is 11. The molecule has 0 saturated carbocycles. The van der Waals surface area contributed by atoms with Crippen molar-refractivity contribution in [3.8, 4) is 0 Å². The van der Waals surface area contributed by atoms with E-state index in [2.05, 4.69) is 5.32 Å². The van der Waals surface area contributed by atoms with Crippen molar-refractivity contribution in [1.82, 2.24) is 10.2 Å². The lowest BCUT2D eigenvalue weighted by Gasteiger charge is -2.33. The standard InChI is InChI=1S/C28H31Cl2N3O4S/c1-4-25(28(35)31-5-2)32(18-21-10-12-22(29)13-11-21)27(34)19-33(26-9-7-6-8-20(26)3)38(36,37)24-16-14-23(30)15-17-24/h6-17,25H,4-5,18-19H2,1-3H3,(H,31,35). The maximum Gasteiger partial charge on any atom is 0.264 e. The SMILES string of the molecule is CCNC(=O)C(CC)N(Cc1ccc(Cl)cc1)C(=O)CN(c1ccccc1C)S(=O)(=O)c1ccc(Cl)cc1. The molecule has 2 amide bonds. The van der Waals surface area contributed by atoms with E-state index in [1.54, 1.807) is 62.4 Å². The number of anilines is 1. The summed E-state index contributed by atoms with van der Waals surface area (Å²) in [6.07, 6.45) is 0.347. The number of nitrogens with zero attached hydrogens (tertiary/aromatic N) is 2. The molecule has 1 atom stereocenters. The van der Waals surface area contributed by atoms with Crippen LogP contribution in [0.1, 0.15) is 31.4 Å². The van der Waals surface area contributed by atoms with E-state index in [-0.39, 0.29) is 17.3 Å². The summed E-state index contributed by atoms with van der Waals surface area (Å²) in [6.45, 7) is 5.39. The molecule has 0 radical (unpaired) electrons. The Kier molecular flexibility index (Phi) is 10.2. The van der Waals surface area contributed by atoms with E-state index >= 15 is 0 Å². The molecule has 7 nitrogen and oxygen atoms in total. The number of para-hydroxylation sites is 1. The van der Waals surface area contributed by atoms with Gasteiger partial charge in [0.2, 0.25) is 11.8 Å². The van der Waals surface area contributed by atoms with Gasteiger partial charge in [0.1, 0.15) is 12.6 Å². The largest absolute Gasteiger partial charge is 0.355 e. The second-order valence-corrected chi connectivity index (χ2v) is 11.5. The van der Waals surface area contributed by atoms with E-state index in [9.17, 15) is 18.0 Å². The Balaban J connectivity index is 2.06. The van der Waals surface area contributed by atoms with Gasteiger partial charge in [-0.25, -0.2) is 8.42 Å². The maximum absolute atomic E-state index is 13.9. The molecule has 0 spiro atoms. The number of nitrogens with one attached hydrogen (secondary N) is 1. The number of benzene rings is 3. The van der Waals surface area contributed by atoms with Crippen molar-refractivity contribution in [1.29, 1.82) is 0 Å². The number of aryl methyl sites for hydroxylation is 1. The predicted molar refractivity (Wildman–Crippen MR) is 152 cm³/mol. The van der Waals surface area contributed by atoms with Gasteiger partial charge in [-0.3, -0.25) is 13.9 Å². The zero-order valence-corrected chi connectivity index (χ0v) is 23.9. The van der Waals surface area contributed by atoms with Gasteiger partial charge in [0.05, 0.1) is 10.6 Å². The molecule has 38 heavy (non-hydrogen) atoms. The van der Waals surface area contributed by atoms with E-state index in [0.717, 1.165) is 9.87 Å². The summed E-state index contributed by atoms with van der Waals surface area (Å²) in [5.74, 6) is -0.820. The summed E-state index contributed by atoms with van der Waals surface area (Å²) in [4.78, 5) is 28.3. The third-order valence-corrected chi connectivity index (χ3v) is 8.35. The summed E-state index contributed by atoms with van der Waals surface area (Å²) in [5.41, 5.74) is 1.81. The number of carbonyl (C=O) groups is 2. The molecule has 0 saturated heterocycles. The number of sulfonamides is 1. The fourth-order valence-electron chi connectivity index (χ4n) is 4.09. The smallest absolute Gasteiger partial charge is 0.264 e. The van der Waals surface area contributed by atoms with Crippen LogP contribution in [-0.2, 0) is 26.2 Å². The van der Waals surface area contributed by atoms with Crippen molar-refractivity contribution in [2.75, 3.05) is 17.4 Å². The van der Waals surface area contributed by atoms with Crippen LogP contribution in [0.15, 0.2) is 77.7 Å². The molecule has 0 aromatic heterocycles. The molecule has 0 fully saturated rings. The molecule has 0 bridgehead atoms. The zero-order valence-electron chi connectivity index (χ0n) is 21.5. The minimum absolute atomic E-state index is 0.00188. The van der Waals surface area contributed by atoms with E-state index in [4.69, 9.17) is 23.2 Å². The Labute approximate surface area is 234 Å². The Morgan fingerprint density at radius 3 is 2.03 bits per heavy atom. The van der Waals surface area contributed by atoms with Crippen molar-refractivity contribution < 1.29 is 18.0 Å². The van der Waals surface area contributed by atoms with Gasteiger partial charge in [-0.1, -0.05) is 60.5 Å². The summed E-state index contributed by atoms with van der Waals surface area (Å²) in [6, 6.07) is 18.9. The lowest BCUT2D eigenvalue weighted by atomic mass is 10.1. The molecule has 0 heterocycles. The number of hydrogen-bond acceptors (Lipinski definition) is 4. The van der Waals surface area contributed by atoms with Crippen LogP contribution < -0.4 is 9.62 Å². The molecular weight excluding hydrogens is 545 g/mol. The van der Waals surface area contributed by atoms with Crippen molar-refractivity contribution in [3.63, 3.8) is 0 Å². The fourth-order valence-corrected chi connectivity index (χ4v) is 5.82. The number of halogens is 2. The highest BCUT2D eigenvalue weighted by molar-refractivity contribution is 7.92. The average Bonchev–Trinajstić information content (AvgIpc) is 2.89. The lowest BCUT2D eigenvalue weighted by Crippen LogP contribution is -2.52. The van der Waals surface area contributed by atoms with Gasteiger partial charge in [0.15, 0.2) is 0 Å². The molecule has 202 valence electrons. The molecule has 3 aromatic rings. The Hall–Kier alpha value is -3.07. The van der Waals surface area contributed by atoms with E-state index in [1.807, 2.05) is 6.92 Å². The first-order valence-corrected chi connectivity index (χ1v) is 14.4. The van der Waals surface area contributed by atoms with Crippen molar-refractivity contribution >= 4 is 50.7 Å². The van der Waals surface area contributed by atoms with Crippen LogP contribution in [0.5, 0.6) is 0 Å². The first-order valence-electron chi connectivity index (χ1n) is 12.2. The molecule has 0 aliphatic rings. The van der Waals surface area contributed by atoms with Gasteiger partial charge in [-0.15, -0.1) is 0 Å². The maximum atomic E-state index is 13.9. The first-order chi connectivity index (χ1) is 18.1. The Bertz CT molecular complexity index is 1360. The first kappa shape index (κ1) is 29.5. The molecule has 3 rings (SSSR count). The normalized spacial score (nSPS) is 12.0. The Morgan fingerprint density at radius 2 is 1.47 bits per heavy atom. The lowest BCUT2D eigenvalue weighted by molar-refractivity contribution is -0.140. The summed E-state index contributed by atoms with van der Waals surface area (Å²) >= 11 is 12.0. The minimum atomic E-state index is -4.15. The highest BCUT2D eigenvalue weighted by atomic mass is 35.5. The van der Waals surface area contributed by atoms with E-state index < -0.39 is 28.5 Å². The molecular formula is C28H31Cl2N3O4S. The van der Waals surface area contributed by atoms with Crippen molar-refractivity contribution in [2.45, 2.75) is 44.7 Å². The molecule has 1 unspecified atom stereocenters. The molecule has 0 aliphatic heterocycles. The fraction of sp³-hybridized carbons (Fsp3) is 0.286. The van der Waals surface area contributed by atoms with Crippen LogP contribution in [0.25, 0.3) is 0 Å². The Morgan fingerprint density at radius 1 is 0.895 bits per heavy atom. The highest BCUT2D eigenvalue weighted by Gasteiger charge is 2.34. The highest BCUT2D eigenvalue weighted by Crippen LogP contribution is 2.28. The summed E-state index contributed by atoms with van der Waals surface area (Å²) < 4.78 is 28.8. The van der Waals surface area contributed by atoms with Gasteiger partial charge in [0, 0.05) is 23.1 Å². The average molecular weight is 577 g/mol. The molecule has 0 aliphatic carbocycles. The number of carbonyl (C=O) groups excluding carboxylic acids is 2. The van der Waals surface area contributed by atoms with Gasteiger partial charge >= 0.3 is 0 Å². The van der Waals surface area contributed by atoms with Crippen LogP contribution in [-0.4, -0.2) is 44.3 Å². The van der Waals surface area contributed by atoms with Gasteiger partial charge in [-0.2, -0.15) is 0 Å². The van der Waals surface area contributed by atoms with Crippen LogP contribution in [0.4, 0.5) is 5.69 Å². The molecule has 1 N–H and O–H groups in total. The monoisotopic (exact) mass is 575 g/mol. The summed E-state index contributed by atoms with van der Waals surface area (Å²) in [5, 5.41) is 3.72. The van der Waals surface area contributed by atoms with Crippen molar-refractivity contribution in [3.05, 3.63) is 94.0 Å². The predicted octanol–water partition coefficient (Wildman–Crippen LogP) is 5.44. The van der Waals surface area contributed by atoms with Crippen molar-refractivity contribution in [2.24, 2.45) is 0 Å². The molecule has 10 heteroatoms. The topological polar surface area (TPSA) is 86.8 Å². The van der Waals surface area contributed by atoms with Crippen LogP contribution >= 0.6 is 23.2 Å². The van der Waals surface area contributed by atoms with Gasteiger partial charge < -0.3 is 10.2 Å². The zero-order chi connectivity index (χ0) is 27.9. The van der Waals surface area contributed by atoms with Crippen LogP contribution in [0, 0.1) is 6.92 Å².